The number of likely N-dealkylation sites (N-methyl/N-ethyl adjacent to an activating group) is 1. The minimum Gasteiger partial charge on any atom is -0.490 e. The third kappa shape index (κ3) is 3.72. The topological polar surface area (TPSA) is 50.7 Å². The Morgan fingerprint density at radius 3 is 2.38 bits per heavy atom. The van der Waals surface area contributed by atoms with Crippen molar-refractivity contribution in [2.75, 3.05) is 26.9 Å². The summed E-state index contributed by atoms with van der Waals surface area (Å²) in [4.78, 5) is 0. The average Bonchev–Trinajstić information content (AvgIpc) is 2.33. The number of para-hydroxylation sites is 2. The Labute approximate surface area is 96.2 Å². The molecule has 0 saturated carbocycles. The zero-order chi connectivity index (χ0) is 11.8. The van der Waals surface area contributed by atoms with Crippen LogP contribution < -0.4 is 14.8 Å². The molecule has 1 rings (SSSR count). The SMILES string of the molecule is CCOc1ccccc1OCC(CO)NC. The van der Waals surface area contributed by atoms with Gasteiger partial charge in [0.15, 0.2) is 11.5 Å². The van der Waals surface area contributed by atoms with E-state index in [4.69, 9.17) is 14.6 Å². The molecule has 0 heterocycles. The van der Waals surface area contributed by atoms with E-state index in [1.54, 1.807) is 7.05 Å². The first-order valence-corrected chi connectivity index (χ1v) is 5.44. The lowest BCUT2D eigenvalue weighted by Crippen LogP contribution is -2.35. The lowest BCUT2D eigenvalue weighted by Gasteiger charge is -2.16. The summed E-state index contributed by atoms with van der Waals surface area (Å²) < 4.78 is 11.0. The molecule has 1 aromatic carbocycles. The van der Waals surface area contributed by atoms with E-state index in [1.165, 1.54) is 0 Å². The molecule has 0 spiro atoms. The molecule has 2 N–H and O–H groups in total. The predicted octanol–water partition coefficient (Wildman–Crippen LogP) is 1.04. The number of nitrogens with one attached hydrogen (secondary N) is 1. The molecule has 1 aromatic rings. The van der Waals surface area contributed by atoms with Crippen LogP contribution in [0.15, 0.2) is 24.3 Å². The van der Waals surface area contributed by atoms with Gasteiger partial charge in [-0.3, -0.25) is 0 Å². The van der Waals surface area contributed by atoms with Crippen LogP contribution in [0, 0.1) is 0 Å². The van der Waals surface area contributed by atoms with Gasteiger partial charge in [-0.05, 0) is 26.1 Å². The Kier molecular flexibility index (Phi) is 5.67. The lowest BCUT2D eigenvalue weighted by atomic mass is 10.3. The van der Waals surface area contributed by atoms with Crippen LogP contribution in [0.5, 0.6) is 11.5 Å². The van der Waals surface area contributed by atoms with E-state index in [0.29, 0.717) is 19.0 Å². The summed E-state index contributed by atoms with van der Waals surface area (Å²) in [6.45, 7) is 3.00. The Balaban J connectivity index is 2.58. The fourth-order valence-electron chi connectivity index (χ4n) is 1.26. The van der Waals surface area contributed by atoms with E-state index < -0.39 is 0 Å². The first kappa shape index (κ1) is 12.8. The monoisotopic (exact) mass is 225 g/mol. The molecule has 0 aliphatic heterocycles. The molecule has 0 aliphatic rings. The highest BCUT2D eigenvalue weighted by molar-refractivity contribution is 5.39. The molecule has 0 aromatic heterocycles. The van der Waals surface area contributed by atoms with Gasteiger partial charge >= 0.3 is 0 Å². The first-order valence-electron chi connectivity index (χ1n) is 5.44. The van der Waals surface area contributed by atoms with Crippen LogP contribution in [0.25, 0.3) is 0 Å². The molecule has 16 heavy (non-hydrogen) atoms. The minimum absolute atomic E-state index is 0.0489. The second kappa shape index (κ2) is 7.09. The highest BCUT2D eigenvalue weighted by Gasteiger charge is 2.08. The summed E-state index contributed by atoms with van der Waals surface area (Å²) in [6, 6.07) is 7.46. The fraction of sp³-hybridized carbons (Fsp3) is 0.500. The highest BCUT2D eigenvalue weighted by atomic mass is 16.5. The van der Waals surface area contributed by atoms with Gasteiger partial charge in [0.25, 0.3) is 0 Å². The summed E-state index contributed by atoms with van der Waals surface area (Å²) in [7, 11) is 1.79. The Morgan fingerprint density at radius 1 is 1.25 bits per heavy atom. The quantitative estimate of drug-likeness (QED) is 0.728. The van der Waals surface area contributed by atoms with Gasteiger partial charge in [0.2, 0.25) is 0 Å². The Morgan fingerprint density at radius 2 is 1.88 bits per heavy atom. The average molecular weight is 225 g/mol. The van der Waals surface area contributed by atoms with E-state index in [2.05, 4.69) is 5.32 Å². The summed E-state index contributed by atoms with van der Waals surface area (Å²) in [6.07, 6.45) is 0. The number of aliphatic hydroxyl groups excluding tert-OH is 1. The van der Waals surface area contributed by atoms with E-state index in [9.17, 15) is 0 Å². The second-order valence-electron chi connectivity index (χ2n) is 3.36. The minimum atomic E-state index is -0.0605. The lowest BCUT2D eigenvalue weighted by molar-refractivity contribution is 0.184. The highest BCUT2D eigenvalue weighted by Crippen LogP contribution is 2.26. The van der Waals surface area contributed by atoms with Crippen LogP contribution >= 0.6 is 0 Å². The number of benzene rings is 1. The molecule has 0 fully saturated rings. The van der Waals surface area contributed by atoms with Crippen molar-refractivity contribution in [3.63, 3.8) is 0 Å². The van der Waals surface area contributed by atoms with Crippen LogP contribution in [0.1, 0.15) is 6.92 Å². The van der Waals surface area contributed by atoms with E-state index in [-0.39, 0.29) is 12.6 Å². The maximum Gasteiger partial charge on any atom is 0.161 e. The van der Waals surface area contributed by atoms with Gasteiger partial charge in [0.1, 0.15) is 6.61 Å². The summed E-state index contributed by atoms with van der Waals surface area (Å²) in [5, 5.41) is 12.0. The van der Waals surface area contributed by atoms with E-state index >= 15 is 0 Å². The summed E-state index contributed by atoms with van der Waals surface area (Å²) in [5.74, 6) is 1.44. The first-order chi connectivity index (χ1) is 7.81. The molecular formula is C12H19NO3. The van der Waals surface area contributed by atoms with E-state index in [1.807, 2.05) is 31.2 Å². The van der Waals surface area contributed by atoms with Gasteiger partial charge in [-0.25, -0.2) is 0 Å². The van der Waals surface area contributed by atoms with Gasteiger partial charge in [0, 0.05) is 0 Å². The predicted molar refractivity (Wildman–Crippen MR) is 63.0 cm³/mol. The molecule has 4 heteroatoms. The van der Waals surface area contributed by atoms with Crippen molar-refractivity contribution >= 4 is 0 Å². The molecule has 90 valence electrons. The zero-order valence-corrected chi connectivity index (χ0v) is 9.77. The largest absolute Gasteiger partial charge is 0.490 e. The van der Waals surface area contributed by atoms with Crippen molar-refractivity contribution in [1.29, 1.82) is 0 Å². The third-order valence-corrected chi connectivity index (χ3v) is 2.22. The van der Waals surface area contributed by atoms with Crippen molar-refractivity contribution in [2.45, 2.75) is 13.0 Å². The molecule has 4 nitrogen and oxygen atoms in total. The van der Waals surface area contributed by atoms with Crippen molar-refractivity contribution in [1.82, 2.24) is 5.32 Å². The van der Waals surface area contributed by atoms with Gasteiger partial charge in [-0.1, -0.05) is 12.1 Å². The smallest absolute Gasteiger partial charge is 0.161 e. The molecule has 0 bridgehead atoms. The molecule has 0 amide bonds. The molecule has 0 radical (unpaired) electrons. The van der Waals surface area contributed by atoms with Gasteiger partial charge < -0.3 is 19.9 Å². The number of hydrogen-bond donors (Lipinski definition) is 2. The van der Waals surface area contributed by atoms with Crippen molar-refractivity contribution in [3.8, 4) is 11.5 Å². The number of hydrogen-bond acceptors (Lipinski definition) is 4. The normalized spacial score (nSPS) is 12.2. The van der Waals surface area contributed by atoms with Crippen LogP contribution in [-0.2, 0) is 0 Å². The van der Waals surface area contributed by atoms with Crippen molar-refractivity contribution in [3.05, 3.63) is 24.3 Å². The van der Waals surface area contributed by atoms with Crippen molar-refractivity contribution < 1.29 is 14.6 Å². The maximum atomic E-state index is 9.00. The fourth-order valence-corrected chi connectivity index (χ4v) is 1.26. The van der Waals surface area contributed by atoms with Gasteiger partial charge in [0.05, 0.1) is 19.3 Å². The van der Waals surface area contributed by atoms with Crippen LogP contribution in [0.2, 0.25) is 0 Å². The molecule has 0 aliphatic carbocycles. The zero-order valence-electron chi connectivity index (χ0n) is 9.77. The van der Waals surface area contributed by atoms with Crippen LogP contribution in [0.3, 0.4) is 0 Å². The van der Waals surface area contributed by atoms with E-state index in [0.717, 1.165) is 5.75 Å². The molecule has 1 unspecified atom stereocenters. The Hall–Kier alpha value is -1.26. The number of aliphatic hydroxyl groups is 1. The number of ether oxygens (including phenoxy) is 2. The van der Waals surface area contributed by atoms with Crippen LogP contribution in [-0.4, -0.2) is 38.0 Å². The molecule has 0 saturated heterocycles. The van der Waals surface area contributed by atoms with Gasteiger partial charge in [-0.15, -0.1) is 0 Å². The molecular weight excluding hydrogens is 206 g/mol. The van der Waals surface area contributed by atoms with Crippen molar-refractivity contribution in [2.24, 2.45) is 0 Å². The van der Waals surface area contributed by atoms with Gasteiger partial charge in [-0.2, -0.15) is 0 Å². The third-order valence-electron chi connectivity index (χ3n) is 2.22. The van der Waals surface area contributed by atoms with Crippen LogP contribution in [0.4, 0.5) is 0 Å². The summed E-state index contributed by atoms with van der Waals surface area (Å²) >= 11 is 0. The summed E-state index contributed by atoms with van der Waals surface area (Å²) in [5.41, 5.74) is 0. The second-order valence-corrected chi connectivity index (χ2v) is 3.36. The number of rotatable bonds is 7. The standard InChI is InChI=1S/C12H19NO3/c1-3-15-11-6-4-5-7-12(11)16-9-10(8-14)13-2/h4-7,10,13-14H,3,8-9H2,1-2H3. The Bertz CT molecular complexity index is 300. The maximum absolute atomic E-state index is 9.00. The molecule has 1 atom stereocenters.